The lowest BCUT2D eigenvalue weighted by Crippen LogP contribution is -2.13. The highest BCUT2D eigenvalue weighted by atomic mass is 16.3. The van der Waals surface area contributed by atoms with Crippen LogP contribution in [-0.4, -0.2) is 4.98 Å². The maximum absolute atomic E-state index is 6.72. The summed E-state index contributed by atoms with van der Waals surface area (Å²) in [5.74, 6) is 0.577. The number of para-hydroxylation sites is 3. The van der Waals surface area contributed by atoms with Crippen LogP contribution in [0.25, 0.3) is 66.0 Å². The number of rotatable bonds is 7. The van der Waals surface area contributed by atoms with Crippen molar-refractivity contribution in [2.24, 2.45) is 0 Å². The molecule has 264 valence electrons. The number of benzene rings is 9. The van der Waals surface area contributed by atoms with E-state index in [2.05, 4.69) is 198 Å². The Hall–Kier alpha value is -7.63. The third-order valence-corrected chi connectivity index (χ3v) is 10.6. The Morgan fingerprint density at radius 3 is 1.54 bits per heavy atom. The van der Waals surface area contributed by atoms with E-state index in [1.54, 1.807) is 0 Å². The molecule has 56 heavy (non-hydrogen) atoms. The summed E-state index contributed by atoms with van der Waals surface area (Å²) in [5.41, 5.74) is 10.4. The summed E-state index contributed by atoms with van der Waals surface area (Å²) in [6, 6.07) is 69.7. The summed E-state index contributed by atoms with van der Waals surface area (Å²) in [6.45, 7) is 0. The molecule has 0 atom stereocenters. The predicted octanol–water partition coefficient (Wildman–Crippen LogP) is 14.6. The van der Waals surface area contributed by atoms with Gasteiger partial charge in [0.1, 0.15) is 16.7 Å². The van der Waals surface area contributed by atoms with E-state index in [-0.39, 0.29) is 0 Å². The number of oxazole rings is 1. The van der Waals surface area contributed by atoms with Crippen LogP contribution in [0.2, 0.25) is 0 Å². The SMILES string of the molecule is c1ccc(N(c2ccccc2)c2cccc(N(c3cccc(-c4nc5c6ccccc6c6ccccc6c5o4)c3)c3ccc4oc5ccccc5c4c3)c2)cc1. The smallest absolute Gasteiger partial charge is 0.227 e. The number of fused-ring (bicyclic) bond motifs is 9. The van der Waals surface area contributed by atoms with Crippen molar-refractivity contribution >= 4 is 88.7 Å². The molecule has 2 heterocycles. The van der Waals surface area contributed by atoms with E-state index in [0.717, 1.165) is 94.3 Å². The van der Waals surface area contributed by atoms with Crippen LogP contribution >= 0.6 is 0 Å². The van der Waals surface area contributed by atoms with Crippen LogP contribution in [0.3, 0.4) is 0 Å². The maximum Gasteiger partial charge on any atom is 0.227 e. The molecule has 0 aliphatic carbocycles. The van der Waals surface area contributed by atoms with Crippen molar-refractivity contribution in [3.8, 4) is 11.5 Å². The van der Waals surface area contributed by atoms with E-state index in [4.69, 9.17) is 13.8 Å². The van der Waals surface area contributed by atoms with Gasteiger partial charge in [0, 0.05) is 61.2 Å². The number of aromatic nitrogens is 1. The summed E-state index contributed by atoms with van der Waals surface area (Å²) in [4.78, 5) is 9.77. The molecule has 5 heteroatoms. The zero-order chi connectivity index (χ0) is 37.0. The van der Waals surface area contributed by atoms with Crippen LogP contribution in [0, 0.1) is 0 Å². The number of nitrogens with zero attached hydrogens (tertiary/aromatic N) is 3. The molecule has 0 saturated carbocycles. The standard InChI is InChI=1S/C51H33N3O2/c1-3-16-35(17-4-1)53(36-18-5-2-6-19-36)38-21-14-22-39(32-38)54(40-29-30-48-46(33-40)43-25-11-12-28-47(43)55-48)37-20-13-15-34(31-37)51-52-49-44-26-9-7-23-41(44)42-24-8-10-27-45(42)50(49)56-51/h1-33H. The first-order valence-electron chi connectivity index (χ1n) is 18.8. The van der Waals surface area contributed by atoms with Gasteiger partial charge in [-0.3, -0.25) is 0 Å². The summed E-state index contributed by atoms with van der Waals surface area (Å²) in [7, 11) is 0. The second-order valence-corrected chi connectivity index (χ2v) is 14.0. The van der Waals surface area contributed by atoms with Crippen LogP contribution in [-0.2, 0) is 0 Å². The second-order valence-electron chi connectivity index (χ2n) is 14.0. The molecule has 0 amide bonds. The summed E-state index contributed by atoms with van der Waals surface area (Å²) in [6.07, 6.45) is 0. The molecular weight excluding hydrogens is 687 g/mol. The Morgan fingerprint density at radius 2 is 0.821 bits per heavy atom. The zero-order valence-corrected chi connectivity index (χ0v) is 30.2. The molecule has 0 saturated heterocycles. The molecule has 0 aliphatic rings. The van der Waals surface area contributed by atoms with Crippen molar-refractivity contribution in [2.45, 2.75) is 0 Å². The highest BCUT2D eigenvalue weighted by molar-refractivity contribution is 6.22. The van der Waals surface area contributed by atoms with Gasteiger partial charge >= 0.3 is 0 Å². The first-order chi connectivity index (χ1) is 27.8. The molecule has 11 aromatic rings. The van der Waals surface area contributed by atoms with Gasteiger partial charge in [-0.25, -0.2) is 4.98 Å². The minimum Gasteiger partial charge on any atom is -0.456 e. The maximum atomic E-state index is 6.72. The van der Waals surface area contributed by atoms with Gasteiger partial charge in [0.05, 0.1) is 0 Å². The molecule has 0 spiro atoms. The van der Waals surface area contributed by atoms with Crippen LogP contribution in [0.1, 0.15) is 0 Å². The average Bonchev–Trinajstić information content (AvgIpc) is 3.88. The van der Waals surface area contributed by atoms with E-state index >= 15 is 0 Å². The number of furan rings is 1. The fourth-order valence-corrected chi connectivity index (χ4v) is 8.10. The fourth-order valence-electron chi connectivity index (χ4n) is 8.10. The Balaban J connectivity index is 1.11. The molecule has 5 nitrogen and oxygen atoms in total. The molecule has 0 fully saturated rings. The van der Waals surface area contributed by atoms with Gasteiger partial charge in [0.15, 0.2) is 5.58 Å². The third-order valence-electron chi connectivity index (χ3n) is 10.6. The van der Waals surface area contributed by atoms with Crippen LogP contribution in [0.4, 0.5) is 34.1 Å². The average molecular weight is 720 g/mol. The van der Waals surface area contributed by atoms with Crippen molar-refractivity contribution < 1.29 is 8.83 Å². The number of hydrogen-bond donors (Lipinski definition) is 0. The van der Waals surface area contributed by atoms with Gasteiger partial charge < -0.3 is 18.6 Å². The lowest BCUT2D eigenvalue weighted by molar-refractivity contribution is 0.623. The highest BCUT2D eigenvalue weighted by Gasteiger charge is 2.21. The molecule has 0 radical (unpaired) electrons. The minimum atomic E-state index is 0.577. The van der Waals surface area contributed by atoms with Crippen molar-refractivity contribution in [1.82, 2.24) is 4.98 Å². The molecule has 0 unspecified atom stereocenters. The fraction of sp³-hybridized carbons (Fsp3) is 0. The molecular formula is C51H33N3O2. The second kappa shape index (κ2) is 13.0. The first-order valence-corrected chi connectivity index (χ1v) is 18.8. The van der Waals surface area contributed by atoms with E-state index in [1.807, 2.05) is 12.1 Å². The monoisotopic (exact) mass is 719 g/mol. The molecule has 11 rings (SSSR count). The van der Waals surface area contributed by atoms with Crippen molar-refractivity contribution in [3.63, 3.8) is 0 Å². The van der Waals surface area contributed by atoms with Crippen LogP contribution < -0.4 is 9.80 Å². The van der Waals surface area contributed by atoms with Gasteiger partial charge in [-0.2, -0.15) is 0 Å². The third kappa shape index (κ3) is 5.29. The van der Waals surface area contributed by atoms with Gasteiger partial charge in [-0.15, -0.1) is 0 Å². The number of hydrogen-bond acceptors (Lipinski definition) is 5. The van der Waals surface area contributed by atoms with E-state index in [0.29, 0.717) is 5.89 Å². The molecule has 0 bridgehead atoms. The Labute approximate surface area is 322 Å². The summed E-state index contributed by atoms with van der Waals surface area (Å²) >= 11 is 0. The lowest BCUT2D eigenvalue weighted by atomic mass is 10.0. The minimum absolute atomic E-state index is 0.577. The molecule has 0 N–H and O–H groups in total. The van der Waals surface area contributed by atoms with Crippen LogP contribution in [0.15, 0.2) is 209 Å². The van der Waals surface area contributed by atoms with Crippen molar-refractivity contribution in [1.29, 1.82) is 0 Å². The van der Waals surface area contributed by atoms with Gasteiger partial charge in [0.2, 0.25) is 5.89 Å². The normalized spacial score (nSPS) is 11.6. The first kappa shape index (κ1) is 31.9. The molecule has 0 aliphatic heterocycles. The van der Waals surface area contributed by atoms with E-state index < -0.39 is 0 Å². The van der Waals surface area contributed by atoms with Crippen LogP contribution in [0.5, 0.6) is 0 Å². The summed E-state index contributed by atoms with van der Waals surface area (Å²) < 4.78 is 13.0. The highest BCUT2D eigenvalue weighted by Crippen LogP contribution is 2.44. The van der Waals surface area contributed by atoms with E-state index in [1.165, 1.54) is 0 Å². The Morgan fingerprint density at radius 1 is 0.321 bits per heavy atom. The predicted molar refractivity (Wildman–Crippen MR) is 231 cm³/mol. The van der Waals surface area contributed by atoms with Gasteiger partial charge in [-0.05, 0) is 95.7 Å². The molecule has 9 aromatic carbocycles. The number of anilines is 6. The Kier molecular flexibility index (Phi) is 7.42. The van der Waals surface area contributed by atoms with Crippen molar-refractivity contribution in [3.05, 3.63) is 200 Å². The quantitative estimate of drug-likeness (QED) is 0.153. The summed E-state index contributed by atoms with van der Waals surface area (Å²) in [5, 5.41) is 6.59. The zero-order valence-electron chi connectivity index (χ0n) is 30.2. The lowest BCUT2D eigenvalue weighted by Gasteiger charge is -2.29. The Bertz CT molecular complexity index is 3110. The molecule has 2 aromatic heterocycles. The largest absolute Gasteiger partial charge is 0.456 e. The van der Waals surface area contributed by atoms with Crippen molar-refractivity contribution in [2.75, 3.05) is 9.80 Å². The van der Waals surface area contributed by atoms with Gasteiger partial charge in [0.25, 0.3) is 0 Å². The topological polar surface area (TPSA) is 45.7 Å². The van der Waals surface area contributed by atoms with Gasteiger partial charge in [-0.1, -0.05) is 115 Å². The van der Waals surface area contributed by atoms with E-state index in [9.17, 15) is 0 Å².